The van der Waals surface area contributed by atoms with Crippen LogP contribution in [0.5, 0.6) is 5.88 Å². The molecule has 0 aliphatic carbocycles. The average Bonchev–Trinajstić information content (AvgIpc) is 3.41. The quantitative estimate of drug-likeness (QED) is 0.372. The van der Waals surface area contributed by atoms with Gasteiger partial charge in [-0.05, 0) is 30.2 Å². The zero-order chi connectivity index (χ0) is 29.2. The molecular weight excluding hydrogens is 515 g/mol. The number of benzene rings is 1. The lowest BCUT2D eigenvalue weighted by atomic mass is 9.98. The molecule has 1 aromatic carbocycles. The van der Waals surface area contributed by atoms with Crippen molar-refractivity contribution in [1.82, 2.24) is 34.5 Å². The summed E-state index contributed by atoms with van der Waals surface area (Å²) >= 11 is 0. The number of halogens is 5. The van der Waals surface area contributed by atoms with Gasteiger partial charge in [-0.1, -0.05) is 11.3 Å². The normalized spacial score (nSPS) is 22.1. The minimum Gasteiger partial charge on any atom is -0.479 e. The first-order valence-electron chi connectivity index (χ1n) is 13.2. The van der Waals surface area contributed by atoms with E-state index in [2.05, 4.69) is 25.7 Å². The molecule has 0 saturated carbocycles. The number of aromatic nitrogens is 6. The van der Waals surface area contributed by atoms with E-state index in [1.807, 2.05) is 0 Å². The molecule has 2 saturated heterocycles. The zero-order valence-corrected chi connectivity index (χ0v) is 19.6. The van der Waals surface area contributed by atoms with Gasteiger partial charge in [-0.2, -0.15) is 18.2 Å². The molecule has 1 N–H and O–H groups in total. The number of nitrogens with one attached hydrogen (secondary N) is 1. The number of hydrogen-bond donors (Lipinski definition) is 1. The summed E-state index contributed by atoms with van der Waals surface area (Å²) in [4.78, 5) is 5.81. The molecule has 1 atom stereocenters. The topological polar surface area (TPSA) is 94.6 Å². The monoisotopic (exact) mass is 541 g/mol. The van der Waals surface area contributed by atoms with Crippen molar-refractivity contribution in [3.05, 3.63) is 30.5 Å². The fourth-order valence-electron chi connectivity index (χ4n) is 4.82. The predicted octanol–water partition coefficient (Wildman–Crippen LogP) is 3.23. The molecule has 4 aromatic rings. The van der Waals surface area contributed by atoms with Crippen molar-refractivity contribution in [3.63, 3.8) is 0 Å². The summed E-state index contributed by atoms with van der Waals surface area (Å²) in [5.74, 6) is -3.83. The molecule has 3 aromatic heterocycles. The van der Waals surface area contributed by atoms with E-state index in [1.54, 1.807) is 11.0 Å². The van der Waals surface area contributed by atoms with Gasteiger partial charge < -0.3 is 14.8 Å². The van der Waals surface area contributed by atoms with Gasteiger partial charge in [0.1, 0.15) is 17.6 Å². The third kappa shape index (κ3) is 4.49. The molecule has 6 rings (SSSR count). The standard InChI is InChI=1S/C23H23F5N8O2/c1-37-20-19-15(13-2-3-16-17(8-13)36(33-31-16)12-23(26,27)28)4-7-35(19)32-21(30-20)29-18-5-6-34(11-22(18,24)25)14-9-38-10-14/h2-4,7-8,14,18H,5-6,9-12H2,1H3,(H,29,32)/t18-/m1/s1/i1D3. The van der Waals surface area contributed by atoms with Gasteiger partial charge in [-0.15, -0.1) is 10.2 Å². The van der Waals surface area contributed by atoms with Crippen LogP contribution in [0.1, 0.15) is 10.5 Å². The van der Waals surface area contributed by atoms with Crippen molar-refractivity contribution in [2.45, 2.75) is 37.1 Å². The van der Waals surface area contributed by atoms with Crippen LogP contribution in [0, 0.1) is 0 Å². The minimum absolute atomic E-state index is 0.0471. The third-order valence-electron chi connectivity index (χ3n) is 6.80. The van der Waals surface area contributed by atoms with E-state index in [0.717, 1.165) is 0 Å². The van der Waals surface area contributed by atoms with E-state index in [1.165, 1.54) is 28.9 Å². The van der Waals surface area contributed by atoms with Crippen LogP contribution in [-0.4, -0.2) is 92.0 Å². The highest BCUT2D eigenvalue weighted by Gasteiger charge is 2.47. The molecule has 15 heteroatoms. The van der Waals surface area contributed by atoms with E-state index < -0.39 is 44.1 Å². The summed E-state index contributed by atoms with van der Waals surface area (Å²) in [6.45, 7) is -0.609. The molecule has 0 spiro atoms. The predicted molar refractivity (Wildman–Crippen MR) is 125 cm³/mol. The molecule has 2 fully saturated rings. The van der Waals surface area contributed by atoms with Gasteiger partial charge in [0.15, 0.2) is 0 Å². The Hall–Kier alpha value is -3.59. The molecule has 2 aliphatic rings. The summed E-state index contributed by atoms with van der Waals surface area (Å²) < 4.78 is 104. The number of nitrogens with zero attached hydrogens (tertiary/aromatic N) is 7. The van der Waals surface area contributed by atoms with Crippen LogP contribution in [0.4, 0.5) is 27.9 Å². The third-order valence-corrected chi connectivity index (χ3v) is 6.80. The van der Waals surface area contributed by atoms with Gasteiger partial charge >= 0.3 is 6.18 Å². The van der Waals surface area contributed by atoms with E-state index >= 15 is 8.78 Å². The molecule has 0 bridgehead atoms. The number of ether oxygens (including phenoxy) is 2. The van der Waals surface area contributed by atoms with E-state index in [0.29, 0.717) is 35.6 Å². The Morgan fingerprint density at radius 3 is 2.82 bits per heavy atom. The minimum atomic E-state index is -4.53. The number of anilines is 1. The van der Waals surface area contributed by atoms with Gasteiger partial charge in [0.25, 0.3) is 5.92 Å². The van der Waals surface area contributed by atoms with Crippen molar-refractivity contribution in [1.29, 1.82) is 0 Å². The number of fused-ring (bicyclic) bond motifs is 2. The van der Waals surface area contributed by atoms with Crippen LogP contribution in [0.3, 0.4) is 0 Å². The van der Waals surface area contributed by atoms with E-state index in [-0.39, 0.29) is 35.0 Å². The summed E-state index contributed by atoms with van der Waals surface area (Å²) in [7, 11) is -2.95. The van der Waals surface area contributed by atoms with Gasteiger partial charge in [-0.3, -0.25) is 4.90 Å². The highest BCUT2D eigenvalue weighted by atomic mass is 19.4. The van der Waals surface area contributed by atoms with Crippen LogP contribution in [-0.2, 0) is 11.3 Å². The van der Waals surface area contributed by atoms with Crippen LogP contribution < -0.4 is 10.1 Å². The Morgan fingerprint density at radius 1 is 1.26 bits per heavy atom. The van der Waals surface area contributed by atoms with Crippen molar-refractivity contribution in [2.75, 3.05) is 38.7 Å². The second kappa shape index (κ2) is 9.01. The number of rotatable bonds is 6. The summed E-state index contributed by atoms with van der Waals surface area (Å²) in [5, 5.41) is 14.2. The Morgan fingerprint density at radius 2 is 2.11 bits per heavy atom. The molecule has 10 nitrogen and oxygen atoms in total. The average molecular weight is 541 g/mol. The first-order valence-corrected chi connectivity index (χ1v) is 11.7. The number of hydrogen-bond acceptors (Lipinski definition) is 8. The van der Waals surface area contributed by atoms with Crippen LogP contribution in [0.2, 0.25) is 0 Å². The van der Waals surface area contributed by atoms with Crippen LogP contribution in [0.15, 0.2) is 30.5 Å². The van der Waals surface area contributed by atoms with Crippen LogP contribution >= 0.6 is 0 Å². The Balaban J connectivity index is 1.35. The lowest BCUT2D eigenvalue weighted by Gasteiger charge is -2.44. The number of piperidine rings is 1. The number of methoxy groups -OCH3 is 1. The summed E-state index contributed by atoms with van der Waals surface area (Å²) in [6.07, 6.45) is -3.01. The molecule has 0 amide bonds. The first kappa shape index (κ1) is 21.4. The van der Waals surface area contributed by atoms with Crippen molar-refractivity contribution in [3.8, 4) is 17.0 Å². The van der Waals surface area contributed by atoms with Crippen molar-refractivity contribution >= 4 is 22.5 Å². The second-order valence-electron chi connectivity index (χ2n) is 9.34. The lowest BCUT2D eigenvalue weighted by Crippen LogP contribution is -2.61. The Kier molecular flexibility index (Phi) is 5.06. The largest absolute Gasteiger partial charge is 0.479 e. The van der Waals surface area contributed by atoms with Gasteiger partial charge in [0.2, 0.25) is 11.8 Å². The summed E-state index contributed by atoms with van der Waals surface area (Å²) in [5.41, 5.74) is 1.11. The van der Waals surface area contributed by atoms with Crippen molar-refractivity contribution < 1.29 is 35.5 Å². The fraction of sp³-hybridized carbons (Fsp3) is 0.478. The molecular formula is C23H23F5N8O2. The number of alkyl halides is 5. The number of likely N-dealkylation sites (tertiary alicyclic amines) is 1. The van der Waals surface area contributed by atoms with Gasteiger partial charge in [-0.25, -0.2) is 18.0 Å². The highest BCUT2D eigenvalue weighted by Crippen LogP contribution is 2.35. The lowest BCUT2D eigenvalue weighted by molar-refractivity contribution is -0.142. The SMILES string of the molecule is [2H]C([2H])([2H])Oc1nc(N[C@@H]2CCN(C3COC3)CC2(F)F)nn2ccc(-c3ccc4nnn(CC(F)(F)F)c4c3)c12. The molecule has 5 heterocycles. The van der Waals surface area contributed by atoms with Crippen LogP contribution in [0.25, 0.3) is 27.7 Å². The summed E-state index contributed by atoms with van der Waals surface area (Å²) in [6, 6.07) is 4.62. The first-order chi connectivity index (χ1) is 19.3. The molecule has 0 radical (unpaired) electrons. The van der Waals surface area contributed by atoms with Gasteiger partial charge in [0.05, 0.1) is 48.5 Å². The molecule has 38 heavy (non-hydrogen) atoms. The Labute approximate surface area is 216 Å². The Bertz CT molecular complexity index is 1590. The maximum absolute atomic E-state index is 15.1. The molecule has 2 aliphatic heterocycles. The maximum Gasteiger partial charge on any atom is 0.408 e. The fourth-order valence-corrected chi connectivity index (χ4v) is 4.82. The second-order valence-corrected chi connectivity index (χ2v) is 9.34. The smallest absolute Gasteiger partial charge is 0.408 e. The zero-order valence-electron chi connectivity index (χ0n) is 22.6. The van der Waals surface area contributed by atoms with E-state index in [9.17, 15) is 13.2 Å². The highest BCUT2D eigenvalue weighted by molar-refractivity contribution is 5.89. The maximum atomic E-state index is 15.1. The molecule has 0 unspecified atom stereocenters. The molecule has 202 valence electrons. The van der Waals surface area contributed by atoms with Crippen molar-refractivity contribution in [2.24, 2.45) is 0 Å². The van der Waals surface area contributed by atoms with E-state index in [4.69, 9.17) is 13.6 Å². The van der Waals surface area contributed by atoms with Gasteiger partial charge in [0, 0.05) is 18.3 Å².